The lowest BCUT2D eigenvalue weighted by molar-refractivity contribution is 0.210. The highest BCUT2D eigenvalue weighted by Crippen LogP contribution is 2.31. The van der Waals surface area contributed by atoms with Gasteiger partial charge in [-0.25, -0.2) is 0 Å². The van der Waals surface area contributed by atoms with E-state index in [2.05, 4.69) is 48.2 Å². The number of benzene rings is 2. The first-order chi connectivity index (χ1) is 10.4. The monoisotopic (exact) mass is 298 g/mol. The highest BCUT2D eigenvalue weighted by Gasteiger charge is 2.18. The fraction of sp³-hybridized carbons (Fsp3) is 0.368. The first-order valence-electron chi connectivity index (χ1n) is 7.62. The minimum absolute atomic E-state index is 0.347. The molecule has 3 rings (SSSR count). The molecule has 1 nitrogen and oxygen atoms in total. The van der Waals surface area contributed by atoms with E-state index in [9.17, 15) is 0 Å². The Labute approximate surface area is 131 Å². The molecule has 0 heterocycles. The number of alkyl halides is 1. The first-order valence-corrected chi connectivity index (χ1v) is 8.15. The van der Waals surface area contributed by atoms with Crippen LogP contribution in [0.2, 0.25) is 0 Å². The summed E-state index contributed by atoms with van der Waals surface area (Å²) in [6.07, 6.45) is 5.90. The van der Waals surface area contributed by atoms with Crippen LogP contribution >= 0.6 is 11.6 Å². The van der Waals surface area contributed by atoms with Gasteiger partial charge in [-0.2, -0.15) is 0 Å². The Hall–Kier alpha value is -1.65. The van der Waals surface area contributed by atoms with E-state index in [1.54, 1.807) is 0 Å². The third-order valence-corrected chi connectivity index (χ3v) is 4.11. The van der Waals surface area contributed by atoms with E-state index in [-0.39, 0.29) is 0 Å². The molecule has 0 spiro atoms. The Kier molecular flexibility index (Phi) is 4.68. The van der Waals surface area contributed by atoms with Crippen molar-refractivity contribution in [3.63, 3.8) is 0 Å². The summed E-state index contributed by atoms with van der Waals surface area (Å²) in [6.45, 7) is 0. The molecule has 21 heavy (non-hydrogen) atoms. The molecule has 2 aromatic rings. The molecule has 0 unspecified atom stereocenters. The highest BCUT2D eigenvalue weighted by molar-refractivity contribution is 6.18. The van der Waals surface area contributed by atoms with Gasteiger partial charge in [0.05, 0.1) is 11.7 Å². The van der Waals surface area contributed by atoms with Crippen molar-refractivity contribution in [2.75, 3.05) is 5.88 Å². The van der Waals surface area contributed by atoms with Crippen molar-refractivity contribution in [1.82, 2.24) is 0 Å². The fourth-order valence-corrected chi connectivity index (χ4v) is 2.96. The molecule has 2 heteroatoms. The Morgan fingerprint density at radius 3 is 2.71 bits per heavy atom. The van der Waals surface area contributed by atoms with E-state index < -0.39 is 0 Å². The maximum absolute atomic E-state index is 6.21. The molecule has 108 valence electrons. The second-order valence-corrected chi connectivity index (χ2v) is 5.80. The topological polar surface area (TPSA) is 9.23 Å². The van der Waals surface area contributed by atoms with E-state index >= 15 is 0 Å². The van der Waals surface area contributed by atoms with Gasteiger partial charge in [0, 0.05) is 17.7 Å². The van der Waals surface area contributed by atoms with E-state index in [0.29, 0.717) is 18.4 Å². The Bertz CT molecular complexity index is 675. The van der Waals surface area contributed by atoms with Crippen molar-refractivity contribution >= 4 is 22.4 Å². The van der Waals surface area contributed by atoms with E-state index in [4.69, 9.17) is 16.3 Å². The van der Waals surface area contributed by atoms with Gasteiger partial charge in [0.2, 0.25) is 0 Å². The zero-order valence-corrected chi connectivity index (χ0v) is 12.8. The van der Waals surface area contributed by atoms with E-state index in [0.717, 1.165) is 29.5 Å². The van der Waals surface area contributed by atoms with Crippen molar-refractivity contribution in [2.24, 2.45) is 0 Å². The maximum Gasteiger partial charge on any atom is 0.135 e. The number of rotatable bonds is 3. The molecule has 0 amide bonds. The molecule has 0 radical (unpaired) electrons. The van der Waals surface area contributed by atoms with Gasteiger partial charge in [-0.05, 0) is 37.1 Å². The number of halogens is 1. The van der Waals surface area contributed by atoms with Gasteiger partial charge >= 0.3 is 0 Å². The molecular formula is C19H19ClO. The molecule has 1 aliphatic carbocycles. The zero-order valence-electron chi connectivity index (χ0n) is 12.1. The predicted molar refractivity (Wildman–Crippen MR) is 89.0 cm³/mol. The largest absolute Gasteiger partial charge is 0.489 e. The van der Waals surface area contributed by atoms with Gasteiger partial charge in [0.25, 0.3) is 0 Å². The molecule has 0 atom stereocenters. The molecule has 0 saturated heterocycles. The van der Waals surface area contributed by atoms with Crippen LogP contribution in [0.4, 0.5) is 0 Å². The summed E-state index contributed by atoms with van der Waals surface area (Å²) in [5.41, 5.74) is 1.00. The second kappa shape index (κ2) is 6.87. The summed E-state index contributed by atoms with van der Waals surface area (Å²) in [5.74, 6) is 7.90. The normalized spacial score (nSPS) is 14.9. The van der Waals surface area contributed by atoms with Crippen molar-refractivity contribution in [3.05, 3.63) is 42.0 Å². The highest BCUT2D eigenvalue weighted by atomic mass is 35.5. The molecule has 0 N–H and O–H groups in total. The lowest BCUT2D eigenvalue weighted by Gasteiger charge is -2.16. The average Bonchev–Trinajstić information content (AvgIpc) is 3.02. The summed E-state index contributed by atoms with van der Waals surface area (Å²) < 4.78 is 6.21. The molecule has 0 aromatic heterocycles. The van der Waals surface area contributed by atoms with Crippen molar-refractivity contribution in [1.29, 1.82) is 0 Å². The maximum atomic E-state index is 6.21. The number of hydrogen-bond donors (Lipinski definition) is 0. The van der Waals surface area contributed by atoms with Crippen LogP contribution in [0.3, 0.4) is 0 Å². The number of fused-ring (bicyclic) bond motifs is 1. The minimum Gasteiger partial charge on any atom is -0.489 e. The van der Waals surface area contributed by atoms with Crippen LogP contribution in [-0.2, 0) is 0 Å². The van der Waals surface area contributed by atoms with Gasteiger partial charge < -0.3 is 4.74 Å². The summed E-state index contributed by atoms with van der Waals surface area (Å²) in [7, 11) is 0. The summed E-state index contributed by atoms with van der Waals surface area (Å²) >= 11 is 5.73. The number of ether oxygens (including phenoxy) is 1. The third-order valence-electron chi connectivity index (χ3n) is 3.92. The van der Waals surface area contributed by atoms with Crippen LogP contribution in [0.25, 0.3) is 10.8 Å². The molecule has 1 aliphatic rings. The second-order valence-electron chi connectivity index (χ2n) is 5.42. The minimum atomic E-state index is 0.347. The van der Waals surface area contributed by atoms with Crippen molar-refractivity contribution in [3.8, 4) is 17.6 Å². The Morgan fingerprint density at radius 2 is 1.90 bits per heavy atom. The van der Waals surface area contributed by atoms with Crippen LogP contribution in [-0.4, -0.2) is 12.0 Å². The smallest absolute Gasteiger partial charge is 0.135 e. The first kappa shape index (κ1) is 14.3. The molecule has 1 saturated carbocycles. The fourth-order valence-electron chi connectivity index (χ4n) is 2.86. The van der Waals surface area contributed by atoms with Crippen LogP contribution in [0.1, 0.15) is 37.7 Å². The molecule has 2 aromatic carbocycles. The van der Waals surface area contributed by atoms with Crippen molar-refractivity contribution in [2.45, 2.75) is 38.2 Å². The van der Waals surface area contributed by atoms with E-state index in [1.807, 2.05) is 0 Å². The van der Waals surface area contributed by atoms with Gasteiger partial charge in [-0.3, -0.25) is 0 Å². The summed E-state index contributed by atoms with van der Waals surface area (Å²) in [6, 6.07) is 12.5. The average molecular weight is 299 g/mol. The van der Waals surface area contributed by atoms with Gasteiger partial charge in [0.15, 0.2) is 0 Å². The number of hydrogen-bond acceptors (Lipinski definition) is 1. The third kappa shape index (κ3) is 3.34. The van der Waals surface area contributed by atoms with Crippen LogP contribution in [0.5, 0.6) is 5.75 Å². The SMILES string of the molecule is ClCCC#Cc1c(OC2CCCC2)ccc2ccccc12. The summed E-state index contributed by atoms with van der Waals surface area (Å²) in [4.78, 5) is 0. The summed E-state index contributed by atoms with van der Waals surface area (Å²) in [5, 5.41) is 2.36. The molecule has 0 aliphatic heterocycles. The molecular weight excluding hydrogens is 280 g/mol. The van der Waals surface area contributed by atoms with Crippen molar-refractivity contribution < 1.29 is 4.74 Å². The zero-order chi connectivity index (χ0) is 14.5. The lowest BCUT2D eigenvalue weighted by Crippen LogP contribution is -2.11. The lowest BCUT2D eigenvalue weighted by atomic mass is 10.0. The van der Waals surface area contributed by atoms with Gasteiger partial charge in [-0.1, -0.05) is 42.2 Å². The molecule has 0 bridgehead atoms. The van der Waals surface area contributed by atoms with Crippen LogP contribution in [0.15, 0.2) is 36.4 Å². The standard InChI is InChI=1S/C19H19ClO/c20-14-6-5-11-18-17-10-4-1-7-15(17)12-13-19(18)21-16-8-2-3-9-16/h1,4,7,10,12-13,16H,2-3,6,8-9,14H2. The van der Waals surface area contributed by atoms with E-state index in [1.165, 1.54) is 18.2 Å². The van der Waals surface area contributed by atoms with Gasteiger partial charge in [-0.15, -0.1) is 11.6 Å². The quantitative estimate of drug-likeness (QED) is 0.563. The Morgan fingerprint density at radius 1 is 1.10 bits per heavy atom. The predicted octanol–water partition coefficient (Wildman–Crippen LogP) is 5.14. The van der Waals surface area contributed by atoms with Gasteiger partial charge in [0.1, 0.15) is 5.75 Å². The molecule has 1 fully saturated rings. The Balaban J connectivity index is 2.01. The van der Waals surface area contributed by atoms with Crippen LogP contribution < -0.4 is 4.74 Å². The van der Waals surface area contributed by atoms with Crippen LogP contribution in [0, 0.1) is 11.8 Å².